The summed E-state index contributed by atoms with van der Waals surface area (Å²) in [6, 6.07) is 8.38. The Morgan fingerprint density at radius 3 is 2.65 bits per heavy atom. The van der Waals surface area contributed by atoms with Gasteiger partial charge in [0.05, 0.1) is 19.0 Å². The van der Waals surface area contributed by atoms with Crippen molar-refractivity contribution in [3.63, 3.8) is 0 Å². The van der Waals surface area contributed by atoms with Gasteiger partial charge in [-0.15, -0.1) is 5.10 Å². The third kappa shape index (κ3) is 4.01. The normalized spacial score (nSPS) is 21.0. The zero-order valence-corrected chi connectivity index (χ0v) is 17.4. The van der Waals surface area contributed by atoms with Crippen LogP contribution in [0, 0.1) is 5.92 Å². The van der Waals surface area contributed by atoms with E-state index in [0.717, 1.165) is 5.69 Å². The number of hydrogen-bond donors (Lipinski definition) is 1. The van der Waals surface area contributed by atoms with E-state index in [4.69, 9.17) is 9.52 Å². The molecule has 3 heterocycles. The molecule has 2 saturated heterocycles. The highest BCUT2D eigenvalue weighted by Crippen LogP contribution is 2.35. The molecule has 2 aliphatic heterocycles. The lowest BCUT2D eigenvalue weighted by Crippen LogP contribution is -2.49. The molecule has 1 N–H and O–H groups in total. The lowest BCUT2D eigenvalue weighted by atomic mass is 9.84. The van der Waals surface area contributed by atoms with E-state index in [1.54, 1.807) is 4.90 Å². The molecule has 1 aliphatic carbocycles. The quantitative estimate of drug-likeness (QED) is 0.759. The standard InChI is InChI=1S/C22H27N5O4/c28-20(29)17-12-25(13-17)14-19-23-24-21(31-19)27-10-9-26(22(27)30)18-8-4-7-16(11-18)15-5-2-1-3-6-15/h4,7-8,11,15,17H,1-3,5-6,9-10,12-14H2,(H,28,29). The van der Waals surface area contributed by atoms with Gasteiger partial charge in [-0.3, -0.25) is 14.6 Å². The number of carboxylic acids is 1. The van der Waals surface area contributed by atoms with Gasteiger partial charge in [-0.05, 0) is 36.5 Å². The minimum Gasteiger partial charge on any atom is -0.481 e. The first-order chi connectivity index (χ1) is 15.1. The molecule has 0 radical (unpaired) electrons. The number of amides is 2. The summed E-state index contributed by atoms with van der Waals surface area (Å²) in [6.45, 7) is 2.39. The first kappa shape index (κ1) is 20.0. The zero-order chi connectivity index (χ0) is 21.4. The van der Waals surface area contributed by atoms with E-state index in [1.165, 1.54) is 42.6 Å². The summed E-state index contributed by atoms with van der Waals surface area (Å²) in [7, 11) is 0. The maximum atomic E-state index is 13.1. The number of likely N-dealkylation sites (tertiary alicyclic amines) is 1. The Kier molecular flexibility index (Phi) is 5.35. The maximum Gasteiger partial charge on any atom is 0.332 e. The summed E-state index contributed by atoms with van der Waals surface area (Å²) in [4.78, 5) is 29.2. The van der Waals surface area contributed by atoms with E-state index in [2.05, 4.69) is 22.3 Å². The third-order valence-electron chi connectivity index (χ3n) is 6.62. The average molecular weight is 425 g/mol. The molecule has 0 atom stereocenters. The molecule has 164 valence electrons. The number of carbonyl (C=O) groups is 2. The fraction of sp³-hybridized carbons (Fsp3) is 0.545. The van der Waals surface area contributed by atoms with Crippen LogP contribution in [0.25, 0.3) is 0 Å². The number of carbonyl (C=O) groups excluding carboxylic acids is 1. The smallest absolute Gasteiger partial charge is 0.332 e. The summed E-state index contributed by atoms with van der Waals surface area (Å²) in [5.41, 5.74) is 2.23. The lowest BCUT2D eigenvalue weighted by Gasteiger charge is -2.35. The maximum absolute atomic E-state index is 13.1. The van der Waals surface area contributed by atoms with Crippen molar-refractivity contribution in [3.8, 4) is 0 Å². The number of nitrogens with zero attached hydrogens (tertiary/aromatic N) is 5. The molecule has 0 unspecified atom stereocenters. The predicted octanol–water partition coefficient (Wildman–Crippen LogP) is 3.08. The molecular formula is C22H27N5O4. The van der Waals surface area contributed by atoms with Crippen molar-refractivity contribution in [2.24, 2.45) is 5.92 Å². The molecule has 2 aromatic rings. The minimum absolute atomic E-state index is 0.161. The van der Waals surface area contributed by atoms with Gasteiger partial charge >= 0.3 is 18.0 Å². The van der Waals surface area contributed by atoms with Gasteiger partial charge in [0.25, 0.3) is 0 Å². The molecule has 0 spiro atoms. The number of benzene rings is 1. The van der Waals surface area contributed by atoms with Crippen LogP contribution in [0.3, 0.4) is 0 Å². The Morgan fingerprint density at radius 1 is 1.10 bits per heavy atom. The molecule has 0 bridgehead atoms. The first-order valence-corrected chi connectivity index (χ1v) is 11.0. The summed E-state index contributed by atoms with van der Waals surface area (Å²) in [5, 5.41) is 17.1. The molecule has 1 saturated carbocycles. The number of hydrogen-bond acceptors (Lipinski definition) is 6. The number of aliphatic carboxylic acids is 1. The molecule has 5 rings (SSSR count). The van der Waals surface area contributed by atoms with Crippen molar-refractivity contribution >= 4 is 23.7 Å². The van der Waals surface area contributed by atoms with Crippen molar-refractivity contribution in [2.75, 3.05) is 36.0 Å². The van der Waals surface area contributed by atoms with E-state index in [0.29, 0.717) is 44.5 Å². The fourth-order valence-corrected chi connectivity index (χ4v) is 4.80. The molecular weight excluding hydrogens is 398 g/mol. The number of rotatable bonds is 6. The Bertz CT molecular complexity index is 964. The van der Waals surface area contributed by atoms with E-state index in [-0.39, 0.29) is 18.0 Å². The second-order valence-corrected chi connectivity index (χ2v) is 8.72. The molecule has 9 heteroatoms. The fourth-order valence-electron chi connectivity index (χ4n) is 4.80. The van der Waals surface area contributed by atoms with Gasteiger partial charge in [-0.2, -0.15) is 0 Å². The second kappa shape index (κ2) is 8.30. The van der Waals surface area contributed by atoms with Crippen LogP contribution < -0.4 is 9.80 Å². The molecule has 3 fully saturated rings. The number of aromatic nitrogens is 2. The van der Waals surface area contributed by atoms with Crippen molar-refractivity contribution in [1.82, 2.24) is 15.1 Å². The Labute approximate surface area is 180 Å². The van der Waals surface area contributed by atoms with Crippen molar-refractivity contribution < 1.29 is 19.1 Å². The van der Waals surface area contributed by atoms with Crippen LogP contribution in [0.4, 0.5) is 16.5 Å². The molecule has 9 nitrogen and oxygen atoms in total. The van der Waals surface area contributed by atoms with Crippen LogP contribution >= 0.6 is 0 Å². The van der Waals surface area contributed by atoms with E-state index < -0.39 is 5.97 Å². The monoisotopic (exact) mass is 425 g/mol. The summed E-state index contributed by atoms with van der Waals surface area (Å²) in [6.07, 6.45) is 6.31. The van der Waals surface area contributed by atoms with Gasteiger partial charge in [-0.1, -0.05) is 36.5 Å². The zero-order valence-electron chi connectivity index (χ0n) is 17.4. The summed E-state index contributed by atoms with van der Waals surface area (Å²) in [5.74, 6) is -0.133. The van der Waals surface area contributed by atoms with E-state index in [9.17, 15) is 9.59 Å². The molecule has 1 aromatic heterocycles. The van der Waals surface area contributed by atoms with Crippen LogP contribution in [-0.2, 0) is 11.3 Å². The Balaban J connectivity index is 1.23. The van der Waals surface area contributed by atoms with Gasteiger partial charge in [0.2, 0.25) is 5.89 Å². The largest absolute Gasteiger partial charge is 0.481 e. The van der Waals surface area contributed by atoms with Gasteiger partial charge < -0.3 is 9.52 Å². The van der Waals surface area contributed by atoms with Crippen LogP contribution in [0.1, 0.15) is 49.5 Å². The molecule has 1 aromatic carbocycles. The highest BCUT2D eigenvalue weighted by Gasteiger charge is 2.36. The third-order valence-corrected chi connectivity index (χ3v) is 6.62. The van der Waals surface area contributed by atoms with Crippen molar-refractivity contribution in [1.29, 1.82) is 0 Å². The van der Waals surface area contributed by atoms with Crippen LogP contribution in [0.5, 0.6) is 0 Å². The van der Waals surface area contributed by atoms with Gasteiger partial charge in [0, 0.05) is 25.3 Å². The minimum atomic E-state index is -0.780. The Morgan fingerprint density at radius 2 is 1.87 bits per heavy atom. The number of urea groups is 1. The number of anilines is 2. The highest BCUT2D eigenvalue weighted by molar-refractivity contribution is 6.04. The highest BCUT2D eigenvalue weighted by atomic mass is 16.4. The van der Waals surface area contributed by atoms with Crippen LogP contribution in [0.2, 0.25) is 0 Å². The molecule has 3 aliphatic rings. The first-order valence-electron chi connectivity index (χ1n) is 11.0. The second-order valence-electron chi connectivity index (χ2n) is 8.72. The average Bonchev–Trinajstić information content (AvgIpc) is 3.37. The van der Waals surface area contributed by atoms with Crippen LogP contribution in [0.15, 0.2) is 28.7 Å². The van der Waals surface area contributed by atoms with E-state index in [1.807, 2.05) is 17.0 Å². The van der Waals surface area contributed by atoms with E-state index >= 15 is 0 Å². The lowest BCUT2D eigenvalue weighted by molar-refractivity contribution is -0.147. The topological polar surface area (TPSA) is 103 Å². The van der Waals surface area contributed by atoms with Crippen molar-refractivity contribution in [3.05, 3.63) is 35.7 Å². The summed E-state index contributed by atoms with van der Waals surface area (Å²) >= 11 is 0. The number of carboxylic acid groups (broad SMARTS) is 1. The van der Waals surface area contributed by atoms with Crippen molar-refractivity contribution in [2.45, 2.75) is 44.6 Å². The molecule has 2 amide bonds. The molecule has 31 heavy (non-hydrogen) atoms. The Hall–Kier alpha value is -2.94. The van der Waals surface area contributed by atoms with Gasteiger partial charge in [0.15, 0.2) is 0 Å². The van der Waals surface area contributed by atoms with Gasteiger partial charge in [0.1, 0.15) is 0 Å². The SMILES string of the molecule is O=C(O)C1CN(Cc2nnc(N3CCN(c4cccc(C5CCCCC5)c4)C3=O)o2)C1. The predicted molar refractivity (Wildman–Crippen MR) is 113 cm³/mol. The van der Waals surface area contributed by atoms with Gasteiger partial charge in [-0.25, -0.2) is 9.69 Å². The van der Waals surface area contributed by atoms with Crippen LogP contribution in [-0.4, -0.2) is 58.4 Å². The summed E-state index contributed by atoms with van der Waals surface area (Å²) < 4.78 is 5.71.